The first-order chi connectivity index (χ1) is 12.6. The molecule has 1 aromatic heterocycles. The van der Waals surface area contributed by atoms with Gasteiger partial charge in [-0.3, -0.25) is 0 Å². The van der Waals surface area contributed by atoms with Crippen molar-refractivity contribution in [3.05, 3.63) is 54.1 Å². The highest BCUT2D eigenvalue weighted by Gasteiger charge is 2.24. The number of imidazole rings is 1. The zero-order valence-electron chi connectivity index (χ0n) is 15.1. The summed E-state index contributed by atoms with van der Waals surface area (Å²) in [6, 6.07) is 16.0. The van der Waals surface area contributed by atoms with E-state index in [1.54, 1.807) is 0 Å². The summed E-state index contributed by atoms with van der Waals surface area (Å²) in [5.74, 6) is 0.963. The minimum Gasteiger partial charge on any atom is -0.339 e. The van der Waals surface area contributed by atoms with Crippen molar-refractivity contribution in [2.75, 3.05) is 36.4 Å². The van der Waals surface area contributed by atoms with Crippen LogP contribution < -0.4 is 10.2 Å². The Kier molecular flexibility index (Phi) is 4.24. The third-order valence-corrected chi connectivity index (χ3v) is 4.88. The van der Waals surface area contributed by atoms with Crippen LogP contribution in [0.5, 0.6) is 0 Å². The van der Waals surface area contributed by atoms with Gasteiger partial charge in [0.15, 0.2) is 0 Å². The molecule has 0 unspecified atom stereocenters. The first-order valence-electron chi connectivity index (χ1n) is 8.91. The summed E-state index contributed by atoms with van der Waals surface area (Å²) in [5, 5.41) is 2.99. The smallest absolute Gasteiger partial charge is 0.321 e. The van der Waals surface area contributed by atoms with Crippen molar-refractivity contribution in [1.29, 1.82) is 0 Å². The number of para-hydroxylation sites is 2. The molecule has 0 spiro atoms. The van der Waals surface area contributed by atoms with Crippen molar-refractivity contribution < 1.29 is 4.79 Å². The lowest BCUT2D eigenvalue weighted by Gasteiger charge is -2.35. The first-order valence-corrected chi connectivity index (χ1v) is 8.91. The number of hydrogen-bond donors (Lipinski definition) is 1. The van der Waals surface area contributed by atoms with Crippen LogP contribution in [-0.2, 0) is 7.05 Å². The lowest BCUT2D eigenvalue weighted by Crippen LogP contribution is -2.50. The van der Waals surface area contributed by atoms with Crippen LogP contribution in [0.4, 0.5) is 16.4 Å². The number of amides is 2. The van der Waals surface area contributed by atoms with Crippen molar-refractivity contribution in [3.8, 4) is 0 Å². The summed E-state index contributed by atoms with van der Waals surface area (Å²) in [7, 11) is 2.04. The van der Waals surface area contributed by atoms with Crippen LogP contribution in [0.2, 0.25) is 0 Å². The predicted octanol–water partition coefficient (Wildman–Crippen LogP) is 3.24. The third kappa shape index (κ3) is 3.10. The van der Waals surface area contributed by atoms with E-state index in [0.717, 1.165) is 41.3 Å². The number of piperazine rings is 1. The number of anilines is 2. The molecule has 2 amide bonds. The maximum absolute atomic E-state index is 12.5. The van der Waals surface area contributed by atoms with Crippen molar-refractivity contribution in [2.45, 2.75) is 6.92 Å². The monoisotopic (exact) mass is 349 g/mol. The number of aryl methyl sites for hydroxylation is 2. The van der Waals surface area contributed by atoms with Gasteiger partial charge in [0.05, 0.1) is 11.0 Å². The minimum absolute atomic E-state index is 0.0414. The Morgan fingerprint density at radius 3 is 2.54 bits per heavy atom. The molecule has 6 nitrogen and oxygen atoms in total. The summed E-state index contributed by atoms with van der Waals surface area (Å²) >= 11 is 0. The molecule has 2 aromatic carbocycles. The van der Waals surface area contributed by atoms with Gasteiger partial charge in [-0.2, -0.15) is 0 Å². The Hall–Kier alpha value is -3.02. The normalized spacial score (nSPS) is 14.7. The van der Waals surface area contributed by atoms with Crippen LogP contribution in [0.3, 0.4) is 0 Å². The van der Waals surface area contributed by atoms with Crippen LogP contribution >= 0.6 is 0 Å². The maximum atomic E-state index is 12.5. The molecule has 0 bridgehead atoms. The second-order valence-corrected chi connectivity index (χ2v) is 6.73. The van der Waals surface area contributed by atoms with Crippen LogP contribution in [0.1, 0.15) is 5.56 Å². The largest absolute Gasteiger partial charge is 0.339 e. The summed E-state index contributed by atoms with van der Waals surface area (Å²) in [6.07, 6.45) is 0. The molecule has 1 N–H and O–H groups in total. The Balaban J connectivity index is 1.42. The third-order valence-electron chi connectivity index (χ3n) is 4.88. The fourth-order valence-electron chi connectivity index (χ4n) is 3.45. The number of nitrogens with one attached hydrogen (secondary N) is 1. The topological polar surface area (TPSA) is 53.4 Å². The van der Waals surface area contributed by atoms with E-state index in [1.807, 2.05) is 61.3 Å². The van der Waals surface area contributed by atoms with Crippen LogP contribution in [0.15, 0.2) is 48.5 Å². The fraction of sp³-hybridized carbons (Fsp3) is 0.300. The number of urea groups is 1. The van der Waals surface area contributed by atoms with E-state index in [1.165, 1.54) is 0 Å². The standard InChI is InChI=1S/C20H23N5O/c1-15-6-5-7-16(14-15)21-20(26)25-12-10-24(11-13-25)19-22-17-8-3-4-9-18(17)23(19)2/h3-9,14H,10-13H2,1-2H3,(H,21,26). The molecular formula is C20H23N5O. The Morgan fingerprint density at radius 2 is 1.81 bits per heavy atom. The van der Waals surface area contributed by atoms with Crippen molar-refractivity contribution in [2.24, 2.45) is 7.05 Å². The van der Waals surface area contributed by atoms with Gasteiger partial charge in [-0.1, -0.05) is 24.3 Å². The summed E-state index contributed by atoms with van der Waals surface area (Å²) in [5.41, 5.74) is 4.11. The van der Waals surface area contributed by atoms with E-state index in [0.29, 0.717) is 13.1 Å². The van der Waals surface area contributed by atoms with Crippen LogP contribution in [-0.4, -0.2) is 46.7 Å². The average molecular weight is 349 g/mol. The van der Waals surface area contributed by atoms with E-state index in [4.69, 9.17) is 4.98 Å². The van der Waals surface area contributed by atoms with Gasteiger partial charge in [0, 0.05) is 38.9 Å². The summed E-state index contributed by atoms with van der Waals surface area (Å²) < 4.78 is 2.12. The quantitative estimate of drug-likeness (QED) is 0.773. The van der Waals surface area contributed by atoms with Gasteiger partial charge in [-0.05, 0) is 36.8 Å². The van der Waals surface area contributed by atoms with E-state index in [2.05, 4.69) is 20.9 Å². The van der Waals surface area contributed by atoms with E-state index < -0.39 is 0 Å². The maximum Gasteiger partial charge on any atom is 0.321 e. The molecular weight excluding hydrogens is 326 g/mol. The molecule has 0 saturated carbocycles. The zero-order valence-corrected chi connectivity index (χ0v) is 15.1. The van der Waals surface area contributed by atoms with Gasteiger partial charge in [0.1, 0.15) is 0 Å². The molecule has 26 heavy (non-hydrogen) atoms. The van der Waals surface area contributed by atoms with Gasteiger partial charge >= 0.3 is 6.03 Å². The number of rotatable bonds is 2. The molecule has 1 saturated heterocycles. The van der Waals surface area contributed by atoms with Gasteiger partial charge in [0.25, 0.3) is 0 Å². The van der Waals surface area contributed by atoms with Crippen molar-refractivity contribution in [3.63, 3.8) is 0 Å². The second-order valence-electron chi connectivity index (χ2n) is 6.73. The highest BCUT2D eigenvalue weighted by Crippen LogP contribution is 2.22. The van der Waals surface area contributed by atoms with Gasteiger partial charge in [0.2, 0.25) is 5.95 Å². The highest BCUT2D eigenvalue weighted by atomic mass is 16.2. The lowest BCUT2D eigenvalue weighted by atomic mass is 10.2. The number of carbonyl (C=O) groups is 1. The predicted molar refractivity (Wildman–Crippen MR) is 105 cm³/mol. The molecule has 4 rings (SSSR count). The zero-order chi connectivity index (χ0) is 18.1. The molecule has 1 aliphatic heterocycles. The Bertz CT molecular complexity index is 940. The van der Waals surface area contributed by atoms with E-state index in [-0.39, 0.29) is 6.03 Å². The Labute approximate surface area is 153 Å². The average Bonchev–Trinajstić information content (AvgIpc) is 2.99. The van der Waals surface area contributed by atoms with Crippen molar-refractivity contribution in [1.82, 2.24) is 14.5 Å². The molecule has 6 heteroatoms. The molecule has 0 atom stereocenters. The number of hydrogen-bond acceptors (Lipinski definition) is 3. The molecule has 0 radical (unpaired) electrons. The van der Waals surface area contributed by atoms with Crippen LogP contribution in [0.25, 0.3) is 11.0 Å². The summed E-state index contributed by atoms with van der Waals surface area (Å²) in [6.45, 7) is 4.93. The minimum atomic E-state index is -0.0414. The molecule has 3 aromatic rings. The number of nitrogens with zero attached hydrogens (tertiary/aromatic N) is 4. The van der Waals surface area contributed by atoms with Gasteiger partial charge in [-0.25, -0.2) is 9.78 Å². The number of fused-ring (bicyclic) bond motifs is 1. The number of benzene rings is 2. The highest BCUT2D eigenvalue weighted by molar-refractivity contribution is 5.89. The first kappa shape index (κ1) is 16.4. The number of aromatic nitrogens is 2. The Morgan fingerprint density at radius 1 is 1.04 bits per heavy atom. The molecule has 2 heterocycles. The molecule has 0 aliphatic carbocycles. The summed E-state index contributed by atoms with van der Waals surface area (Å²) in [4.78, 5) is 21.4. The van der Waals surface area contributed by atoms with Crippen molar-refractivity contribution >= 4 is 28.7 Å². The second kappa shape index (κ2) is 6.71. The molecule has 1 aliphatic rings. The van der Waals surface area contributed by atoms with Crippen LogP contribution in [0, 0.1) is 6.92 Å². The number of carbonyl (C=O) groups excluding carboxylic acids is 1. The fourth-order valence-corrected chi connectivity index (χ4v) is 3.45. The van der Waals surface area contributed by atoms with E-state index in [9.17, 15) is 4.79 Å². The SMILES string of the molecule is Cc1cccc(NC(=O)N2CCN(c3nc4ccccc4n3C)CC2)c1. The molecule has 1 fully saturated rings. The molecule has 134 valence electrons. The van der Waals surface area contributed by atoms with E-state index >= 15 is 0 Å². The lowest BCUT2D eigenvalue weighted by molar-refractivity contribution is 0.208. The van der Waals surface area contributed by atoms with Gasteiger partial charge in [-0.15, -0.1) is 0 Å². The van der Waals surface area contributed by atoms with Gasteiger partial charge < -0.3 is 19.7 Å².